The first-order valence-electron chi connectivity index (χ1n) is 7.68. The highest BCUT2D eigenvalue weighted by atomic mass is 35.5. The number of hydrogen-bond donors (Lipinski definition) is 0. The first kappa shape index (κ1) is 16.8. The van der Waals surface area contributed by atoms with Gasteiger partial charge in [0, 0.05) is 11.1 Å². The van der Waals surface area contributed by atoms with Gasteiger partial charge in [0.1, 0.15) is 11.1 Å². The summed E-state index contributed by atoms with van der Waals surface area (Å²) in [6.07, 6.45) is 6.07. The predicted molar refractivity (Wildman–Crippen MR) is 97.5 cm³/mol. The summed E-state index contributed by atoms with van der Waals surface area (Å²) in [4.78, 5) is 5.84. The normalized spacial score (nSPS) is 13.6. The van der Waals surface area contributed by atoms with E-state index in [1.54, 1.807) is 37.8 Å². The highest BCUT2D eigenvalue weighted by molar-refractivity contribution is 7.16. The number of aliphatic imine (C=N–C) groups is 1. The Labute approximate surface area is 150 Å². The Bertz CT molecular complexity index is 837. The van der Waals surface area contributed by atoms with Crippen molar-refractivity contribution < 1.29 is 9.47 Å². The molecule has 0 aliphatic heterocycles. The molecule has 0 N–H and O–H groups in total. The number of nitrogens with zero attached hydrogens (tertiary/aromatic N) is 2. The number of halogens is 1. The van der Waals surface area contributed by atoms with Crippen LogP contribution in [0.3, 0.4) is 0 Å². The van der Waals surface area contributed by atoms with E-state index in [9.17, 15) is 5.26 Å². The molecule has 0 saturated heterocycles. The quantitative estimate of drug-likeness (QED) is 0.727. The molecule has 1 aliphatic rings. The molecule has 1 aliphatic carbocycles. The molecule has 0 fully saturated rings. The summed E-state index contributed by atoms with van der Waals surface area (Å²) in [5, 5.41) is 10.7. The Morgan fingerprint density at radius 1 is 1.25 bits per heavy atom. The summed E-state index contributed by atoms with van der Waals surface area (Å²) < 4.78 is 10.5. The van der Waals surface area contributed by atoms with Gasteiger partial charge in [-0.2, -0.15) is 5.26 Å². The zero-order chi connectivity index (χ0) is 17.1. The molecule has 1 aromatic carbocycles. The second-order valence-electron chi connectivity index (χ2n) is 5.50. The van der Waals surface area contributed by atoms with Gasteiger partial charge in [0.05, 0.1) is 24.8 Å². The van der Waals surface area contributed by atoms with Gasteiger partial charge in [-0.3, -0.25) is 0 Å². The van der Waals surface area contributed by atoms with Crippen LogP contribution in [0.2, 0.25) is 5.02 Å². The molecule has 1 heterocycles. The van der Waals surface area contributed by atoms with Crippen molar-refractivity contribution in [2.45, 2.75) is 25.7 Å². The van der Waals surface area contributed by atoms with Crippen LogP contribution < -0.4 is 9.47 Å². The third kappa shape index (κ3) is 3.12. The lowest BCUT2D eigenvalue weighted by atomic mass is 9.96. The number of ether oxygens (including phenoxy) is 2. The van der Waals surface area contributed by atoms with Crippen molar-refractivity contribution in [1.29, 1.82) is 5.26 Å². The maximum atomic E-state index is 9.48. The molecule has 3 rings (SSSR count). The van der Waals surface area contributed by atoms with Crippen LogP contribution in [0.1, 0.15) is 34.4 Å². The van der Waals surface area contributed by atoms with Crippen LogP contribution >= 0.6 is 22.9 Å². The van der Waals surface area contributed by atoms with E-state index in [-0.39, 0.29) is 0 Å². The van der Waals surface area contributed by atoms with Crippen LogP contribution in [0.25, 0.3) is 0 Å². The number of methoxy groups -OCH3 is 2. The van der Waals surface area contributed by atoms with E-state index in [0.717, 1.165) is 35.4 Å². The van der Waals surface area contributed by atoms with Gasteiger partial charge in [0.2, 0.25) is 0 Å². The van der Waals surface area contributed by atoms with Crippen molar-refractivity contribution in [2.24, 2.45) is 4.99 Å². The van der Waals surface area contributed by atoms with E-state index < -0.39 is 0 Å². The van der Waals surface area contributed by atoms with E-state index in [0.29, 0.717) is 16.5 Å². The van der Waals surface area contributed by atoms with E-state index in [2.05, 4.69) is 11.1 Å². The first-order valence-corrected chi connectivity index (χ1v) is 8.87. The topological polar surface area (TPSA) is 54.6 Å². The van der Waals surface area contributed by atoms with Gasteiger partial charge in [0.15, 0.2) is 11.5 Å². The van der Waals surface area contributed by atoms with E-state index in [1.165, 1.54) is 16.9 Å². The molecule has 0 amide bonds. The van der Waals surface area contributed by atoms with Crippen molar-refractivity contribution in [3.05, 3.63) is 38.7 Å². The first-order chi connectivity index (χ1) is 11.7. The SMILES string of the molecule is COc1cc(C=Nc2sc3c(c2C#N)CCCC3)cc(Cl)c1OC. The molecule has 0 bridgehead atoms. The van der Waals surface area contributed by atoms with Gasteiger partial charge in [-0.1, -0.05) is 11.6 Å². The zero-order valence-corrected chi connectivity index (χ0v) is 15.1. The highest BCUT2D eigenvalue weighted by Gasteiger charge is 2.20. The summed E-state index contributed by atoms with van der Waals surface area (Å²) in [6, 6.07) is 5.90. The molecular weight excluding hydrogens is 344 g/mol. The van der Waals surface area contributed by atoms with Gasteiger partial charge < -0.3 is 9.47 Å². The Balaban J connectivity index is 1.96. The summed E-state index contributed by atoms with van der Waals surface area (Å²) in [7, 11) is 3.11. The van der Waals surface area contributed by atoms with Crippen LogP contribution in [0.15, 0.2) is 17.1 Å². The number of benzene rings is 1. The molecule has 24 heavy (non-hydrogen) atoms. The van der Waals surface area contributed by atoms with Gasteiger partial charge in [-0.25, -0.2) is 4.99 Å². The fourth-order valence-electron chi connectivity index (χ4n) is 2.90. The van der Waals surface area contributed by atoms with Gasteiger partial charge in [0.25, 0.3) is 0 Å². The molecule has 0 spiro atoms. The summed E-state index contributed by atoms with van der Waals surface area (Å²) >= 11 is 7.84. The number of nitriles is 1. The summed E-state index contributed by atoms with van der Waals surface area (Å²) in [5.41, 5.74) is 2.71. The Hall–Kier alpha value is -2.03. The number of aryl methyl sites for hydroxylation is 1. The largest absolute Gasteiger partial charge is 0.493 e. The molecule has 0 unspecified atom stereocenters. The van der Waals surface area contributed by atoms with Crippen molar-refractivity contribution in [3.63, 3.8) is 0 Å². The lowest BCUT2D eigenvalue weighted by molar-refractivity contribution is 0.355. The Morgan fingerprint density at radius 3 is 2.75 bits per heavy atom. The molecule has 0 radical (unpaired) electrons. The average molecular weight is 361 g/mol. The summed E-state index contributed by atoms with van der Waals surface area (Å²) in [5.74, 6) is 1.05. The standard InChI is InChI=1S/C18H17ClN2O2S/c1-22-15-8-11(7-14(19)17(15)23-2)10-21-18-13(9-20)12-5-3-4-6-16(12)24-18/h7-8,10H,3-6H2,1-2H3. The molecule has 2 aromatic rings. The minimum atomic E-state index is 0.462. The van der Waals surface area contributed by atoms with Gasteiger partial charge in [-0.15, -0.1) is 11.3 Å². The molecule has 1 aromatic heterocycles. The molecule has 6 heteroatoms. The molecule has 0 saturated carbocycles. The van der Waals surface area contributed by atoms with Crippen LogP contribution in [-0.4, -0.2) is 20.4 Å². The maximum Gasteiger partial charge on any atom is 0.179 e. The van der Waals surface area contributed by atoms with Crippen LogP contribution in [0.4, 0.5) is 5.00 Å². The van der Waals surface area contributed by atoms with E-state index >= 15 is 0 Å². The molecule has 124 valence electrons. The van der Waals surface area contributed by atoms with Crippen LogP contribution in [-0.2, 0) is 12.8 Å². The fraction of sp³-hybridized carbons (Fsp3) is 0.333. The van der Waals surface area contributed by atoms with Crippen molar-refractivity contribution >= 4 is 34.2 Å². The Morgan fingerprint density at radius 2 is 2.04 bits per heavy atom. The zero-order valence-electron chi connectivity index (χ0n) is 13.6. The van der Waals surface area contributed by atoms with Gasteiger partial charge in [-0.05, 0) is 48.9 Å². The second-order valence-corrected chi connectivity index (χ2v) is 6.99. The van der Waals surface area contributed by atoms with Crippen molar-refractivity contribution in [2.75, 3.05) is 14.2 Å². The third-order valence-electron chi connectivity index (χ3n) is 4.05. The van der Waals surface area contributed by atoms with Crippen LogP contribution in [0, 0.1) is 11.3 Å². The third-order valence-corrected chi connectivity index (χ3v) is 5.53. The second kappa shape index (κ2) is 7.25. The fourth-order valence-corrected chi connectivity index (χ4v) is 4.38. The molecule has 4 nitrogen and oxygen atoms in total. The van der Waals surface area contributed by atoms with Crippen molar-refractivity contribution in [1.82, 2.24) is 0 Å². The predicted octanol–water partition coefficient (Wildman–Crippen LogP) is 4.92. The minimum Gasteiger partial charge on any atom is -0.493 e. The van der Waals surface area contributed by atoms with Crippen LogP contribution in [0.5, 0.6) is 11.5 Å². The lowest BCUT2D eigenvalue weighted by Crippen LogP contribution is -1.99. The minimum absolute atomic E-state index is 0.462. The number of rotatable bonds is 4. The number of fused-ring (bicyclic) bond motifs is 1. The van der Waals surface area contributed by atoms with E-state index in [1.807, 2.05) is 6.07 Å². The summed E-state index contributed by atoms with van der Waals surface area (Å²) in [6.45, 7) is 0. The molecule has 0 atom stereocenters. The van der Waals surface area contributed by atoms with E-state index in [4.69, 9.17) is 21.1 Å². The lowest BCUT2D eigenvalue weighted by Gasteiger charge is -2.09. The van der Waals surface area contributed by atoms with Gasteiger partial charge >= 0.3 is 0 Å². The highest BCUT2D eigenvalue weighted by Crippen LogP contribution is 2.40. The average Bonchev–Trinajstić information content (AvgIpc) is 2.96. The maximum absolute atomic E-state index is 9.48. The van der Waals surface area contributed by atoms with Crippen molar-refractivity contribution in [3.8, 4) is 17.6 Å². The number of thiophene rings is 1. The smallest absolute Gasteiger partial charge is 0.179 e. The number of hydrogen-bond acceptors (Lipinski definition) is 5. The monoisotopic (exact) mass is 360 g/mol. The molecular formula is C18H17ClN2O2S. The Kier molecular flexibility index (Phi) is 5.08.